The lowest BCUT2D eigenvalue weighted by atomic mass is 10.1. The van der Waals surface area contributed by atoms with Gasteiger partial charge in [-0.1, -0.05) is 55.0 Å². The van der Waals surface area contributed by atoms with E-state index in [1.165, 1.54) is 0 Å². The number of aryl methyl sites for hydroxylation is 1. The molecule has 1 amide bonds. The number of Topliss-reactive ketones (excluding diaryl/α,β-unsaturated/α-hetero) is 1. The van der Waals surface area contributed by atoms with Crippen molar-refractivity contribution < 1.29 is 23.9 Å². The molecule has 188 valence electrons. The molecule has 1 N–H and O–H groups in total. The summed E-state index contributed by atoms with van der Waals surface area (Å²) in [5.41, 5.74) is 4.08. The van der Waals surface area contributed by atoms with Gasteiger partial charge in [-0.25, -0.2) is 9.48 Å². The van der Waals surface area contributed by atoms with Crippen molar-refractivity contribution in [2.75, 3.05) is 18.5 Å². The van der Waals surface area contributed by atoms with Gasteiger partial charge in [-0.2, -0.15) is 5.10 Å². The molecule has 0 aliphatic rings. The molecule has 3 aromatic carbocycles. The molecule has 0 aliphatic carbocycles. The number of benzene rings is 3. The third-order valence-electron chi connectivity index (χ3n) is 5.54. The Morgan fingerprint density at radius 1 is 0.892 bits per heavy atom. The van der Waals surface area contributed by atoms with Crippen LogP contribution >= 0.6 is 0 Å². The molecule has 8 nitrogen and oxygen atoms in total. The highest BCUT2D eigenvalue weighted by Crippen LogP contribution is 2.25. The van der Waals surface area contributed by atoms with Gasteiger partial charge in [0.15, 0.2) is 19.0 Å². The maximum Gasteiger partial charge on any atom is 0.344 e. The predicted molar refractivity (Wildman–Crippen MR) is 140 cm³/mol. The van der Waals surface area contributed by atoms with Crippen molar-refractivity contribution in [3.63, 3.8) is 0 Å². The summed E-state index contributed by atoms with van der Waals surface area (Å²) < 4.78 is 12.1. The number of carbonyl (C=O) groups is 3. The molecule has 0 bridgehead atoms. The summed E-state index contributed by atoms with van der Waals surface area (Å²) in [6.07, 6.45) is 0.411. The van der Waals surface area contributed by atoms with E-state index in [0.717, 1.165) is 16.8 Å². The number of rotatable bonds is 10. The lowest BCUT2D eigenvalue weighted by molar-refractivity contribution is -0.149. The standard InChI is InChI=1S/C29H27N3O5/c1-3-26(33)22-13-15-24(16-14-22)36-19-29(35)37-18-28(34)30-27-17-25(21-11-9-20(2)10-12-21)31-32(27)23-7-5-4-6-8-23/h4-17H,3,18-19H2,1-2H3,(H,30,34). The summed E-state index contributed by atoms with van der Waals surface area (Å²) in [6.45, 7) is 2.95. The van der Waals surface area contributed by atoms with Crippen molar-refractivity contribution in [2.45, 2.75) is 20.3 Å². The van der Waals surface area contributed by atoms with E-state index < -0.39 is 18.5 Å². The number of hydrogen-bond acceptors (Lipinski definition) is 6. The van der Waals surface area contributed by atoms with Crippen LogP contribution in [0.15, 0.2) is 84.9 Å². The van der Waals surface area contributed by atoms with Crippen molar-refractivity contribution >= 4 is 23.5 Å². The molecular formula is C29H27N3O5. The fraction of sp³-hybridized carbons (Fsp3) is 0.172. The summed E-state index contributed by atoms with van der Waals surface area (Å²) in [5, 5.41) is 7.44. The third kappa shape index (κ3) is 6.70. The first kappa shape index (κ1) is 25.4. The molecule has 0 spiro atoms. The van der Waals surface area contributed by atoms with E-state index in [4.69, 9.17) is 9.47 Å². The van der Waals surface area contributed by atoms with Gasteiger partial charge in [-0.3, -0.25) is 9.59 Å². The highest BCUT2D eigenvalue weighted by atomic mass is 16.6. The minimum absolute atomic E-state index is 0.0246. The molecular weight excluding hydrogens is 470 g/mol. The van der Waals surface area contributed by atoms with Crippen molar-refractivity contribution in [1.82, 2.24) is 9.78 Å². The lowest BCUT2D eigenvalue weighted by Gasteiger charge is -2.10. The Morgan fingerprint density at radius 2 is 1.59 bits per heavy atom. The summed E-state index contributed by atoms with van der Waals surface area (Å²) in [7, 11) is 0. The molecule has 0 aliphatic heterocycles. The van der Waals surface area contributed by atoms with E-state index in [2.05, 4.69) is 10.4 Å². The molecule has 0 radical (unpaired) electrons. The lowest BCUT2D eigenvalue weighted by Crippen LogP contribution is -2.24. The number of hydrogen-bond donors (Lipinski definition) is 1. The Kier molecular flexibility index (Phi) is 8.10. The highest BCUT2D eigenvalue weighted by molar-refractivity contribution is 5.96. The van der Waals surface area contributed by atoms with Gasteiger partial charge in [0.05, 0.1) is 11.4 Å². The van der Waals surface area contributed by atoms with Crippen LogP contribution in [0.3, 0.4) is 0 Å². The number of anilines is 1. The number of para-hydroxylation sites is 1. The van der Waals surface area contributed by atoms with Gasteiger partial charge in [0, 0.05) is 23.6 Å². The zero-order valence-corrected chi connectivity index (χ0v) is 20.6. The second-order valence-electron chi connectivity index (χ2n) is 8.33. The normalized spacial score (nSPS) is 10.5. The van der Waals surface area contributed by atoms with Gasteiger partial charge in [-0.15, -0.1) is 0 Å². The van der Waals surface area contributed by atoms with Gasteiger partial charge in [0.25, 0.3) is 5.91 Å². The van der Waals surface area contributed by atoms with E-state index in [1.807, 2.05) is 61.5 Å². The fourth-order valence-electron chi connectivity index (χ4n) is 3.55. The molecule has 0 unspecified atom stereocenters. The van der Waals surface area contributed by atoms with Gasteiger partial charge >= 0.3 is 5.97 Å². The molecule has 1 heterocycles. The van der Waals surface area contributed by atoms with Gasteiger partial charge in [-0.05, 0) is 43.3 Å². The average Bonchev–Trinajstić information content (AvgIpc) is 3.35. The second kappa shape index (κ2) is 11.8. The van der Waals surface area contributed by atoms with E-state index >= 15 is 0 Å². The molecule has 1 aromatic heterocycles. The molecule has 4 rings (SSSR count). The summed E-state index contributed by atoms with van der Waals surface area (Å²) in [6, 6.07) is 25.6. The maximum absolute atomic E-state index is 12.6. The predicted octanol–water partition coefficient (Wildman–Crippen LogP) is 5.00. The Balaban J connectivity index is 1.36. The van der Waals surface area contributed by atoms with E-state index in [0.29, 0.717) is 29.2 Å². The molecule has 0 fully saturated rings. The van der Waals surface area contributed by atoms with Crippen molar-refractivity contribution in [3.05, 3.63) is 96.1 Å². The number of nitrogens with zero attached hydrogens (tertiary/aromatic N) is 2. The molecule has 0 saturated carbocycles. The minimum Gasteiger partial charge on any atom is -0.482 e. The van der Waals surface area contributed by atoms with E-state index in [1.54, 1.807) is 41.9 Å². The number of ketones is 1. The molecule has 4 aromatic rings. The first-order chi connectivity index (χ1) is 17.9. The Morgan fingerprint density at radius 3 is 2.27 bits per heavy atom. The quantitative estimate of drug-likeness (QED) is 0.244. The SMILES string of the molecule is CCC(=O)c1ccc(OCC(=O)OCC(=O)Nc2cc(-c3ccc(C)cc3)nn2-c2ccccc2)cc1. The van der Waals surface area contributed by atoms with Crippen LogP contribution in [0.1, 0.15) is 29.3 Å². The van der Waals surface area contributed by atoms with Crippen LogP contribution < -0.4 is 10.1 Å². The first-order valence-corrected chi connectivity index (χ1v) is 11.9. The number of amides is 1. The van der Waals surface area contributed by atoms with Gasteiger partial charge in [0.1, 0.15) is 11.6 Å². The van der Waals surface area contributed by atoms with Gasteiger partial charge in [0.2, 0.25) is 0 Å². The van der Waals surface area contributed by atoms with E-state index in [-0.39, 0.29) is 12.4 Å². The Labute approximate surface area is 214 Å². The van der Waals surface area contributed by atoms with E-state index in [9.17, 15) is 14.4 Å². The summed E-state index contributed by atoms with van der Waals surface area (Å²) in [4.78, 5) is 36.4. The van der Waals surface area contributed by atoms with Crippen LogP contribution in [0.2, 0.25) is 0 Å². The van der Waals surface area contributed by atoms with Gasteiger partial charge < -0.3 is 14.8 Å². The molecule has 0 saturated heterocycles. The number of carbonyl (C=O) groups excluding carboxylic acids is 3. The number of ether oxygens (including phenoxy) is 2. The molecule has 0 atom stereocenters. The van der Waals surface area contributed by atoms with Crippen LogP contribution in [-0.2, 0) is 14.3 Å². The summed E-state index contributed by atoms with van der Waals surface area (Å²) >= 11 is 0. The van der Waals surface area contributed by atoms with Crippen molar-refractivity contribution in [1.29, 1.82) is 0 Å². The van der Waals surface area contributed by atoms with Crippen LogP contribution in [0, 0.1) is 6.92 Å². The first-order valence-electron chi connectivity index (χ1n) is 11.9. The van der Waals surface area contributed by atoms with Crippen LogP contribution in [0.25, 0.3) is 16.9 Å². The third-order valence-corrected chi connectivity index (χ3v) is 5.54. The topological polar surface area (TPSA) is 99.5 Å². The van der Waals surface area contributed by atoms with Crippen molar-refractivity contribution in [3.8, 4) is 22.7 Å². The highest BCUT2D eigenvalue weighted by Gasteiger charge is 2.15. The average molecular weight is 498 g/mol. The van der Waals surface area contributed by atoms with Crippen LogP contribution in [-0.4, -0.2) is 40.7 Å². The van der Waals surface area contributed by atoms with Crippen LogP contribution in [0.4, 0.5) is 5.82 Å². The number of aromatic nitrogens is 2. The molecule has 8 heteroatoms. The second-order valence-corrected chi connectivity index (χ2v) is 8.33. The largest absolute Gasteiger partial charge is 0.482 e. The zero-order chi connectivity index (χ0) is 26.2. The monoisotopic (exact) mass is 497 g/mol. The van der Waals surface area contributed by atoms with Crippen molar-refractivity contribution in [2.24, 2.45) is 0 Å². The number of nitrogens with one attached hydrogen (secondary N) is 1. The smallest absolute Gasteiger partial charge is 0.344 e. The Hall–Kier alpha value is -4.72. The minimum atomic E-state index is -0.694. The fourth-order valence-corrected chi connectivity index (χ4v) is 3.55. The zero-order valence-electron chi connectivity index (χ0n) is 20.6. The maximum atomic E-state index is 12.6. The Bertz CT molecular complexity index is 1380. The van der Waals surface area contributed by atoms with Crippen LogP contribution in [0.5, 0.6) is 5.75 Å². The summed E-state index contributed by atoms with van der Waals surface area (Å²) in [5.74, 6) is -0.314. The number of esters is 1. The molecule has 37 heavy (non-hydrogen) atoms.